The molecule has 0 unspecified atom stereocenters. The topological polar surface area (TPSA) is 59.1 Å². The number of thiazole rings is 1. The van der Waals surface area contributed by atoms with Crippen LogP contribution in [-0.2, 0) is 10.0 Å². The number of hydrogen-bond acceptors (Lipinski definition) is 4. The molecule has 0 saturated carbocycles. The summed E-state index contributed by atoms with van der Waals surface area (Å²) in [5, 5.41) is 2.02. The second kappa shape index (κ2) is 5.26. The molecule has 0 aliphatic carbocycles. The van der Waals surface area contributed by atoms with Crippen LogP contribution in [0.15, 0.2) is 34.5 Å². The van der Waals surface area contributed by atoms with Crippen molar-refractivity contribution >= 4 is 26.5 Å². The number of anilines is 1. The molecule has 0 spiro atoms. The third-order valence-corrected chi connectivity index (χ3v) is 4.74. The smallest absolute Gasteiger partial charge is 0.255 e. The number of nitrogens with one attached hydrogen (secondary N) is 1. The van der Waals surface area contributed by atoms with E-state index in [9.17, 15) is 12.8 Å². The Morgan fingerprint density at radius 3 is 2.58 bits per heavy atom. The van der Waals surface area contributed by atoms with Crippen molar-refractivity contribution in [3.8, 4) is 0 Å². The van der Waals surface area contributed by atoms with Crippen LogP contribution in [0.1, 0.15) is 25.5 Å². The van der Waals surface area contributed by atoms with Crippen LogP contribution in [0.25, 0.3) is 0 Å². The van der Waals surface area contributed by atoms with Gasteiger partial charge in [0.25, 0.3) is 10.0 Å². The van der Waals surface area contributed by atoms with Gasteiger partial charge in [0, 0.05) is 5.38 Å². The SMILES string of the molecule is CC(C)c1csc(NS(=O)(=O)c2ccccc2F)n1. The molecule has 0 atom stereocenters. The average molecular weight is 300 g/mol. The zero-order valence-corrected chi connectivity index (χ0v) is 12.1. The molecule has 1 aromatic carbocycles. The molecule has 0 saturated heterocycles. The van der Waals surface area contributed by atoms with Crippen LogP contribution in [0.4, 0.5) is 9.52 Å². The minimum Gasteiger partial charge on any atom is -0.255 e. The first-order chi connectivity index (χ1) is 8.90. The fourth-order valence-corrected chi connectivity index (χ4v) is 3.64. The summed E-state index contributed by atoms with van der Waals surface area (Å²) in [7, 11) is -3.93. The van der Waals surface area contributed by atoms with Crippen molar-refractivity contribution in [1.82, 2.24) is 4.98 Å². The minimum absolute atomic E-state index is 0.211. The predicted octanol–water partition coefficient (Wildman–Crippen LogP) is 3.21. The Labute approximate surface area is 115 Å². The molecule has 4 nitrogen and oxygen atoms in total. The molecule has 0 fully saturated rings. The van der Waals surface area contributed by atoms with Gasteiger partial charge in [-0.1, -0.05) is 26.0 Å². The Balaban J connectivity index is 2.29. The molecule has 7 heteroatoms. The molecule has 0 bridgehead atoms. The van der Waals surface area contributed by atoms with E-state index < -0.39 is 15.8 Å². The number of nitrogens with zero attached hydrogens (tertiary/aromatic N) is 1. The van der Waals surface area contributed by atoms with Crippen LogP contribution < -0.4 is 4.72 Å². The molecule has 2 aromatic rings. The first-order valence-electron chi connectivity index (χ1n) is 5.63. The van der Waals surface area contributed by atoms with Crippen LogP contribution in [0.3, 0.4) is 0 Å². The van der Waals surface area contributed by atoms with Gasteiger partial charge in [-0.05, 0) is 18.1 Å². The maximum absolute atomic E-state index is 13.5. The van der Waals surface area contributed by atoms with E-state index in [0.717, 1.165) is 11.8 Å². The first-order valence-corrected chi connectivity index (χ1v) is 7.99. The highest BCUT2D eigenvalue weighted by Gasteiger charge is 2.20. The Morgan fingerprint density at radius 1 is 1.32 bits per heavy atom. The van der Waals surface area contributed by atoms with Gasteiger partial charge in [-0.15, -0.1) is 11.3 Å². The van der Waals surface area contributed by atoms with E-state index in [1.165, 1.54) is 29.5 Å². The number of hydrogen-bond donors (Lipinski definition) is 1. The second-order valence-corrected chi connectivity index (χ2v) is 6.78. The minimum atomic E-state index is -3.93. The van der Waals surface area contributed by atoms with Crippen molar-refractivity contribution in [3.05, 3.63) is 41.2 Å². The summed E-state index contributed by atoms with van der Waals surface area (Å²) in [4.78, 5) is 3.78. The summed E-state index contributed by atoms with van der Waals surface area (Å²) in [6.45, 7) is 3.92. The summed E-state index contributed by atoms with van der Waals surface area (Å²) < 4.78 is 39.8. The number of halogens is 1. The number of benzene rings is 1. The third kappa shape index (κ3) is 3.10. The second-order valence-electron chi connectivity index (χ2n) is 4.27. The Hall–Kier alpha value is -1.47. The van der Waals surface area contributed by atoms with Crippen LogP contribution >= 0.6 is 11.3 Å². The van der Waals surface area contributed by atoms with E-state index in [2.05, 4.69) is 9.71 Å². The van der Waals surface area contributed by atoms with E-state index in [1.807, 2.05) is 13.8 Å². The lowest BCUT2D eigenvalue weighted by Gasteiger charge is -2.05. The zero-order chi connectivity index (χ0) is 14.0. The molecule has 0 radical (unpaired) electrons. The lowest BCUT2D eigenvalue weighted by atomic mass is 10.2. The van der Waals surface area contributed by atoms with Crippen LogP contribution in [-0.4, -0.2) is 13.4 Å². The normalized spacial score (nSPS) is 11.8. The molecule has 1 heterocycles. The van der Waals surface area contributed by atoms with Gasteiger partial charge in [-0.25, -0.2) is 17.8 Å². The van der Waals surface area contributed by atoms with E-state index in [-0.39, 0.29) is 15.9 Å². The highest BCUT2D eigenvalue weighted by Crippen LogP contribution is 2.24. The van der Waals surface area contributed by atoms with Crippen molar-refractivity contribution < 1.29 is 12.8 Å². The van der Waals surface area contributed by atoms with Gasteiger partial charge in [0.1, 0.15) is 10.7 Å². The Kier molecular flexibility index (Phi) is 3.86. The summed E-state index contributed by atoms with van der Waals surface area (Å²) >= 11 is 1.18. The number of rotatable bonds is 4. The summed E-state index contributed by atoms with van der Waals surface area (Å²) in [5.41, 5.74) is 0.802. The Bertz CT molecular complexity index is 681. The van der Waals surface area contributed by atoms with Crippen LogP contribution in [0.2, 0.25) is 0 Å². The standard InChI is InChI=1S/C12H13FN2O2S2/c1-8(2)10-7-18-12(14-10)15-19(16,17)11-6-4-3-5-9(11)13/h3-8H,1-2H3,(H,14,15). The highest BCUT2D eigenvalue weighted by molar-refractivity contribution is 7.93. The van der Waals surface area contributed by atoms with E-state index in [1.54, 1.807) is 5.38 Å². The summed E-state index contributed by atoms with van der Waals surface area (Å²) in [6.07, 6.45) is 0. The summed E-state index contributed by atoms with van der Waals surface area (Å²) in [6, 6.07) is 5.23. The van der Waals surface area contributed by atoms with Gasteiger partial charge in [-0.3, -0.25) is 4.72 Å². The van der Waals surface area contributed by atoms with Gasteiger partial charge >= 0.3 is 0 Å². The lowest BCUT2D eigenvalue weighted by Crippen LogP contribution is -2.14. The molecule has 0 aliphatic heterocycles. The Morgan fingerprint density at radius 2 is 2.00 bits per heavy atom. The van der Waals surface area contributed by atoms with Crippen molar-refractivity contribution in [3.63, 3.8) is 0 Å². The number of sulfonamides is 1. The molecule has 0 aliphatic rings. The molecular formula is C12H13FN2O2S2. The van der Waals surface area contributed by atoms with E-state index in [4.69, 9.17) is 0 Å². The molecule has 19 heavy (non-hydrogen) atoms. The maximum atomic E-state index is 13.5. The van der Waals surface area contributed by atoms with Crippen molar-refractivity contribution in [2.45, 2.75) is 24.7 Å². The third-order valence-electron chi connectivity index (χ3n) is 2.46. The van der Waals surface area contributed by atoms with Crippen molar-refractivity contribution in [2.24, 2.45) is 0 Å². The highest BCUT2D eigenvalue weighted by atomic mass is 32.2. The quantitative estimate of drug-likeness (QED) is 0.943. The molecule has 1 aromatic heterocycles. The predicted molar refractivity (Wildman–Crippen MR) is 73.4 cm³/mol. The van der Waals surface area contributed by atoms with Crippen LogP contribution in [0, 0.1) is 5.82 Å². The van der Waals surface area contributed by atoms with Gasteiger partial charge in [0.15, 0.2) is 5.13 Å². The molecule has 102 valence electrons. The van der Waals surface area contributed by atoms with E-state index >= 15 is 0 Å². The lowest BCUT2D eigenvalue weighted by molar-refractivity contribution is 0.570. The largest absolute Gasteiger partial charge is 0.266 e. The molecule has 0 amide bonds. The van der Waals surface area contributed by atoms with Gasteiger partial charge in [0.2, 0.25) is 0 Å². The van der Waals surface area contributed by atoms with Gasteiger partial charge in [-0.2, -0.15) is 0 Å². The maximum Gasteiger partial charge on any atom is 0.266 e. The van der Waals surface area contributed by atoms with Crippen LogP contribution in [0.5, 0.6) is 0 Å². The van der Waals surface area contributed by atoms with Gasteiger partial charge in [0.05, 0.1) is 5.69 Å². The summed E-state index contributed by atoms with van der Waals surface area (Å²) in [5.74, 6) is -0.571. The molecule has 2 rings (SSSR count). The van der Waals surface area contributed by atoms with Crippen molar-refractivity contribution in [2.75, 3.05) is 4.72 Å². The first kappa shape index (κ1) is 14.0. The average Bonchev–Trinajstić information content (AvgIpc) is 2.77. The monoisotopic (exact) mass is 300 g/mol. The van der Waals surface area contributed by atoms with Gasteiger partial charge < -0.3 is 0 Å². The molecule has 1 N–H and O–H groups in total. The fraction of sp³-hybridized carbons (Fsp3) is 0.250. The number of aromatic nitrogens is 1. The van der Waals surface area contributed by atoms with Crippen molar-refractivity contribution in [1.29, 1.82) is 0 Å². The fourth-order valence-electron chi connectivity index (χ4n) is 1.43. The zero-order valence-electron chi connectivity index (χ0n) is 10.4. The molecular weight excluding hydrogens is 287 g/mol. The van der Waals surface area contributed by atoms with E-state index in [0.29, 0.717) is 0 Å².